The average molecular weight is 413 g/mol. The largest absolute Gasteiger partial charge is 0.494 e. The normalized spacial score (nSPS) is 21.2. The Morgan fingerprint density at radius 3 is 2.72 bits per heavy atom. The number of hydrogen-bond acceptors (Lipinski definition) is 7. The van der Waals surface area contributed by atoms with Crippen molar-refractivity contribution in [2.24, 2.45) is 11.7 Å². The number of aliphatic hydroxyl groups is 2. The fourth-order valence-electron chi connectivity index (χ4n) is 3.23. The van der Waals surface area contributed by atoms with Crippen molar-refractivity contribution >= 4 is 6.79 Å². The van der Waals surface area contributed by atoms with E-state index in [2.05, 4.69) is 12.2 Å². The number of nitrogens with one attached hydrogen (secondary N) is 1. The molecule has 7 heteroatoms. The summed E-state index contributed by atoms with van der Waals surface area (Å²) in [6, 6.07) is -0.785. The smallest absolute Gasteiger partial charge is 0.118 e. The molecule has 0 amide bonds. The van der Waals surface area contributed by atoms with E-state index in [0.29, 0.717) is 13.0 Å². The monoisotopic (exact) mass is 412 g/mol. The molecule has 0 aromatic rings. The Kier molecular flexibility index (Phi) is 12.9. The molecule has 3 atom stereocenters. The molecule has 1 aliphatic carbocycles. The molecule has 2 rings (SSSR count). The Morgan fingerprint density at radius 1 is 1.31 bits per heavy atom. The zero-order chi connectivity index (χ0) is 21.5. The van der Waals surface area contributed by atoms with E-state index in [9.17, 15) is 10.2 Å². The number of ether oxygens (including phenoxy) is 2. The summed E-state index contributed by atoms with van der Waals surface area (Å²) in [6.45, 7) is 5.37. The number of aliphatic hydroxyl groups excluding tert-OH is 1. The fraction of sp³-hybridized carbons (Fsp3) is 0.773. The molecule has 5 N–H and O–H groups in total. The third kappa shape index (κ3) is 10.3. The Balaban J connectivity index is 0.00000204. The van der Waals surface area contributed by atoms with E-state index in [1.807, 2.05) is 25.1 Å². The molecule has 0 aromatic heterocycles. The molecular weight excluding hydrogens is 372 g/mol. The van der Waals surface area contributed by atoms with Crippen LogP contribution in [-0.2, 0) is 14.3 Å². The van der Waals surface area contributed by atoms with Crippen molar-refractivity contribution in [3.63, 3.8) is 0 Å². The summed E-state index contributed by atoms with van der Waals surface area (Å²) in [5.41, 5.74) is 4.74. The van der Waals surface area contributed by atoms with Gasteiger partial charge in [0.1, 0.15) is 18.1 Å². The number of carbonyl (C=O) groups excluding carboxylic acids is 1. The van der Waals surface area contributed by atoms with Crippen molar-refractivity contribution in [3.8, 4) is 0 Å². The number of carbonyl (C=O) groups is 1. The molecule has 1 heterocycles. The van der Waals surface area contributed by atoms with Gasteiger partial charge in [-0.3, -0.25) is 0 Å². The van der Waals surface area contributed by atoms with Gasteiger partial charge in [0.05, 0.1) is 31.9 Å². The first-order chi connectivity index (χ1) is 14.1. The van der Waals surface area contributed by atoms with Crippen LogP contribution in [0.25, 0.3) is 0 Å². The lowest BCUT2D eigenvalue weighted by Gasteiger charge is -2.35. The van der Waals surface area contributed by atoms with E-state index >= 15 is 0 Å². The lowest BCUT2D eigenvalue weighted by atomic mass is 9.88. The number of dihydropyridines is 1. The van der Waals surface area contributed by atoms with Gasteiger partial charge in [-0.15, -0.1) is 0 Å². The van der Waals surface area contributed by atoms with Crippen LogP contribution in [0.4, 0.5) is 0 Å². The van der Waals surface area contributed by atoms with Gasteiger partial charge in [0, 0.05) is 19.2 Å². The van der Waals surface area contributed by atoms with Crippen molar-refractivity contribution in [1.82, 2.24) is 5.32 Å². The maximum absolute atomic E-state index is 10.8. The second-order valence-corrected chi connectivity index (χ2v) is 7.96. The van der Waals surface area contributed by atoms with Gasteiger partial charge >= 0.3 is 0 Å². The van der Waals surface area contributed by atoms with E-state index < -0.39 is 18.2 Å². The molecule has 0 aromatic carbocycles. The third-order valence-electron chi connectivity index (χ3n) is 5.39. The summed E-state index contributed by atoms with van der Waals surface area (Å²) in [7, 11) is 0. The van der Waals surface area contributed by atoms with E-state index in [-0.39, 0.29) is 12.6 Å². The predicted octanol–water partition coefficient (Wildman–Crippen LogP) is 2.03. The van der Waals surface area contributed by atoms with Crippen LogP contribution in [0.15, 0.2) is 24.1 Å². The molecule has 3 unspecified atom stereocenters. The zero-order valence-electron chi connectivity index (χ0n) is 17.9. The van der Waals surface area contributed by atoms with Crippen molar-refractivity contribution in [1.29, 1.82) is 0 Å². The number of rotatable bonds is 15. The molecule has 0 radical (unpaired) electrons. The van der Waals surface area contributed by atoms with Gasteiger partial charge in [0.25, 0.3) is 0 Å². The van der Waals surface area contributed by atoms with Crippen molar-refractivity contribution in [3.05, 3.63) is 24.1 Å². The van der Waals surface area contributed by atoms with Crippen LogP contribution in [0.1, 0.15) is 58.3 Å². The molecule has 7 nitrogen and oxygen atoms in total. The van der Waals surface area contributed by atoms with Crippen LogP contribution in [0, 0.1) is 5.92 Å². The number of unbranched alkanes of at least 4 members (excludes halogenated alkanes) is 3. The number of allylic oxidation sites excluding steroid dienone is 1. The lowest BCUT2D eigenvalue weighted by molar-refractivity contribution is -0.0980. The Labute approximate surface area is 175 Å². The average Bonchev–Trinajstić information content (AvgIpc) is 3.56. The molecule has 1 saturated carbocycles. The first-order valence-electron chi connectivity index (χ1n) is 10.8. The van der Waals surface area contributed by atoms with Crippen LogP contribution in [-0.4, -0.2) is 61.1 Å². The predicted molar refractivity (Wildman–Crippen MR) is 114 cm³/mol. The van der Waals surface area contributed by atoms with E-state index in [1.165, 1.54) is 25.7 Å². The zero-order valence-corrected chi connectivity index (χ0v) is 17.9. The fourth-order valence-corrected chi connectivity index (χ4v) is 3.23. The molecular formula is C22H40N2O5. The second kappa shape index (κ2) is 14.6. The molecule has 168 valence electrons. The van der Waals surface area contributed by atoms with Gasteiger partial charge in [-0.1, -0.05) is 39.0 Å². The molecule has 0 saturated heterocycles. The first kappa shape index (κ1) is 25.6. The van der Waals surface area contributed by atoms with Gasteiger partial charge in [0.15, 0.2) is 0 Å². The Morgan fingerprint density at radius 2 is 2.07 bits per heavy atom. The molecule has 0 spiro atoms. The highest BCUT2D eigenvalue weighted by molar-refractivity contribution is 5.20. The molecule has 1 fully saturated rings. The molecule has 2 aliphatic rings. The summed E-state index contributed by atoms with van der Waals surface area (Å²) in [6.07, 6.45) is 14.2. The highest BCUT2D eigenvalue weighted by atomic mass is 16.5. The van der Waals surface area contributed by atoms with E-state index in [0.717, 1.165) is 37.5 Å². The summed E-state index contributed by atoms with van der Waals surface area (Å²) in [4.78, 5) is 8.00. The maximum Gasteiger partial charge on any atom is 0.118 e. The highest BCUT2D eigenvalue weighted by Gasteiger charge is 2.36. The van der Waals surface area contributed by atoms with Crippen molar-refractivity contribution in [2.75, 3.05) is 26.4 Å². The summed E-state index contributed by atoms with van der Waals surface area (Å²) in [5, 5.41) is 23.8. The Bertz CT molecular complexity index is 496. The van der Waals surface area contributed by atoms with Gasteiger partial charge < -0.3 is 35.5 Å². The SMILES string of the molecule is C=O.CCCCCCOCC(N)C(O)(CO)CC1C=C(OCCC2CC2)C=CN1. The molecule has 29 heavy (non-hydrogen) atoms. The summed E-state index contributed by atoms with van der Waals surface area (Å²) >= 11 is 0. The van der Waals surface area contributed by atoms with Crippen LogP contribution in [0.2, 0.25) is 0 Å². The lowest BCUT2D eigenvalue weighted by Crippen LogP contribution is -2.56. The van der Waals surface area contributed by atoms with Gasteiger partial charge in [-0.25, -0.2) is 0 Å². The summed E-state index contributed by atoms with van der Waals surface area (Å²) in [5.74, 6) is 1.65. The topological polar surface area (TPSA) is 114 Å². The van der Waals surface area contributed by atoms with Gasteiger partial charge in [-0.2, -0.15) is 0 Å². The van der Waals surface area contributed by atoms with Gasteiger partial charge in [0.2, 0.25) is 0 Å². The second-order valence-electron chi connectivity index (χ2n) is 7.96. The van der Waals surface area contributed by atoms with E-state index in [4.69, 9.17) is 20.0 Å². The standard InChI is InChI=1S/C21H38N2O4.CH2O/c1-2-3-4-5-11-26-15-20(22)21(25,16-24)14-18-13-19(8-10-23-18)27-12-9-17-6-7-17;1-2/h8,10,13,17-18,20,23-25H,2-7,9,11-12,14-16,22H2,1H3;1H2. The highest BCUT2D eigenvalue weighted by Crippen LogP contribution is 2.32. The van der Waals surface area contributed by atoms with Crippen LogP contribution in [0.5, 0.6) is 0 Å². The maximum atomic E-state index is 10.8. The van der Waals surface area contributed by atoms with E-state index in [1.54, 1.807) is 0 Å². The minimum atomic E-state index is -1.40. The van der Waals surface area contributed by atoms with Crippen LogP contribution < -0.4 is 11.1 Å². The minimum Gasteiger partial charge on any atom is -0.494 e. The number of nitrogens with two attached hydrogens (primary N) is 1. The van der Waals surface area contributed by atoms with Crippen LogP contribution in [0.3, 0.4) is 0 Å². The number of hydrogen-bond donors (Lipinski definition) is 4. The molecule has 1 aliphatic heterocycles. The van der Waals surface area contributed by atoms with Crippen molar-refractivity contribution in [2.45, 2.75) is 76.0 Å². The third-order valence-corrected chi connectivity index (χ3v) is 5.39. The molecule has 0 bridgehead atoms. The first-order valence-corrected chi connectivity index (χ1v) is 10.8. The Hall–Kier alpha value is -1.41. The quantitative estimate of drug-likeness (QED) is 0.304. The van der Waals surface area contributed by atoms with Gasteiger partial charge in [-0.05, 0) is 30.9 Å². The minimum absolute atomic E-state index is 0.140. The summed E-state index contributed by atoms with van der Waals surface area (Å²) < 4.78 is 11.4. The van der Waals surface area contributed by atoms with Crippen molar-refractivity contribution < 1.29 is 24.5 Å². The van der Waals surface area contributed by atoms with Crippen LogP contribution >= 0.6 is 0 Å².